The summed E-state index contributed by atoms with van der Waals surface area (Å²) in [5, 5.41) is 3.48. The van der Waals surface area contributed by atoms with Crippen LogP contribution in [0.25, 0.3) is 0 Å². The van der Waals surface area contributed by atoms with Crippen LogP contribution in [0.15, 0.2) is 54.9 Å². The molecule has 2 nitrogen and oxygen atoms in total. The SMILES string of the molecule is C[C@@H](NCc1ccccc1)c1cccnc1. The molecule has 1 aromatic carbocycles. The predicted molar refractivity (Wildman–Crippen MR) is 65.9 cm³/mol. The van der Waals surface area contributed by atoms with E-state index in [9.17, 15) is 0 Å². The molecule has 0 aliphatic carbocycles. The van der Waals surface area contributed by atoms with Crippen LogP contribution in [-0.4, -0.2) is 4.98 Å². The van der Waals surface area contributed by atoms with Crippen molar-refractivity contribution in [3.63, 3.8) is 0 Å². The Bertz CT molecular complexity index is 411. The molecular formula is C14H16N2. The first kappa shape index (κ1) is 10.8. The zero-order chi connectivity index (χ0) is 11.2. The third kappa shape index (κ3) is 2.91. The molecule has 2 heteroatoms. The van der Waals surface area contributed by atoms with E-state index in [0.717, 1.165) is 6.54 Å². The van der Waals surface area contributed by atoms with Crippen molar-refractivity contribution in [2.75, 3.05) is 0 Å². The lowest BCUT2D eigenvalue weighted by Crippen LogP contribution is -2.18. The standard InChI is InChI=1S/C14H16N2/c1-12(14-8-5-9-15-11-14)16-10-13-6-3-2-4-7-13/h2-9,11-12,16H,10H2,1H3/t12-/m1/s1. The fourth-order valence-corrected chi connectivity index (χ4v) is 1.62. The Morgan fingerprint density at radius 3 is 2.62 bits per heavy atom. The van der Waals surface area contributed by atoms with Gasteiger partial charge in [0, 0.05) is 25.0 Å². The molecule has 1 heterocycles. The van der Waals surface area contributed by atoms with Gasteiger partial charge < -0.3 is 5.32 Å². The van der Waals surface area contributed by atoms with Crippen LogP contribution >= 0.6 is 0 Å². The maximum Gasteiger partial charge on any atom is 0.0315 e. The molecule has 0 fully saturated rings. The Morgan fingerprint density at radius 1 is 1.12 bits per heavy atom. The Hall–Kier alpha value is -1.67. The minimum Gasteiger partial charge on any atom is -0.306 e. The molecule has 1 N–H and O–H groups in total. The summed E-state index contributed by atoms with van der Waals surface area (Å²) in [4.78, 5) is 4.12. The van der Waals surface area contributed by atoms with Crippen LogP contribution in [0.3, 0.4) is 0 Å². The topological polar surface area (TPSA) is 24.9 Å². The number of hydrogen-bond donors (Lipinski definition) is 1. The molecule has 0 aliphatic heterocycles. The van der Waals surface area contributed by atoms with Crippen molar-refractivity contribution in [2.45, 2.75) is 19.5 Å². The van der Waals surface area contributed by atoms with Gasteiger partial charge in [-0.2, -0.15) is 0 Å². The molecule has 1 aromatic heterocycles. The van der Waals surface area contributed by atoms with Crippen molar-refractivity contribution in [3.8, 4) is 0 Å². The van der Waals surface area contributed by atoms with E-state index >= 15 is 0 Å². The quantitative estimate of drug-likeness (QED) is 0.842. The van der Waals surface area contributed by atoms with Gasteiger partial charge in [0.15, 0.2) is 0 Å². The van der Waals surface area contributed by atoms with Crippen molar-refractivity contribution in [1.29, 1.82) is 0 Å². The first-order valence-corrected chi connectivity index (χ1v) is 5.53. The van der Waals surface area contributed by atoms with E-state index < -0.39 is 0 Å². The molecule has 1 atom stereocenters. The molecule has 0 radical (unpaired) electrons. The summed E-state index contributed by atoms with van der Waals surface area (Å²) in [6.45, 7) is 3.04. The molecule has 0 bridgehead atoms. The van der Waals surface area contributed by atoms with Gasteiger partial charge in [0.2, 0.25) is 0 Å². The molecule has 2 aromatic rings. The second-order valence-electron chi connectivity index (χ2n) is 3.87. The number of benzene rings is 1. The fraction of sp³-hybridized carbons (Fsp3) is 0.214. The zero-order valence-electron chi connectivity index (χ0n) is 9.43. The maximum atomic E-state index is 4.12. The van der Waals surface area contributed by atoms with E-state index in [2.05, 4.69) is 47.6 Å². The highest BCUT2D eigenvalue weighted by atomic mass is 14.9. The van der Waals surface area contributed by atoms with Crippen molar-refractivity contribution in [3.05, 3.63) is 66.0 Å². The largest absolute Gasteiger partial charge is 0.306 e. The van der Waals surface area contributed by atoms with E-state index in [1.165, 1.54) is 11.1 Å². The molecule has 0 saturated carbocycles. The normalized spacial score (nSPS) is 12.3. The van der Waals surface area contributed by atoms with Crippen molar-refractivity contribution in [1.82, 2.24) is 10.3 Å². The molecule has 0 saturated heterocycles. The van der Waals surface area contributed by atoms with Gasteiger partial charge in [-0.3, -0.25) is 4.98 Å². The lowest BCUT2D eigenvalue weighted by Gasteiger charge is -2.13. The lowest BCUT2D eigenvalue weighted by atomic mass is 10.1. The number of nitrogens with one attached hydrogen (secondary N) is 1. The van der Waals surface area contributed by atoms with Crippen molar-refractivity contribution < 1.29 is 0 Å². The number of aromatic nitrogens is 1. The number of rotatable bonds is 4. The second kappa shape index (κ2) is 5.42. The summed E-state index contributed by atoms with van der Waals surface area (Å²) >= 11 is 0. The van der Waals surface area contributed by atoms with Crippen molar-refractivity contribution >= 4 is 0 Å². The summed E-state index contributed by atoms with van der Waals surface area (Å²) in [7, 11) is 0. The molecule has 2 rings (SSSR count). The highest BCUT2D eigenvalue weighted by Gasteiger charge is 2.03. The van der Waals surface area contributed by atoms with Gasteiger partial charge in [-0.15, -0.1) is 0 Å². The van der Waals surface area contributed by atoms with E-state index in [1.807, 2.05) is 18.3 Å². The monoisotopic (exact) mass is 212 g/mol. The summed E-state index contributed by atoms with van der Waals surface area (Å²) in [6, 6.07) is 14.8. The maximum absolute atomic E-state index is 4.12. The van der Waals surface area contributed by atoms with Gasteiger partial charge >= 0.3 is 0 Å². The van der Waals surface area contributed by atoms with Gasteiger partial charge in [0.25, 0.3) is 0 Å². The Balaban J connectivity index is 1.92. The lowest BCUT2D eigenvalue weighted by molar-refractivity contribution is 0.573. The highest BCUT2D eigenvalue weighted by molar-refractivity contribution is 5.16. The van der Waals surface area contributed by atoms with E-state index in [1.54, 1.807) is 6.20 Å². The van der Waals surface area contributed by atoms with Crippen LogP contribution in [0.4, 0.5) is 0 Å². The number of nitrogens with zero attached hydrogens (tertiary/aromatic N) is 1. The van der Waals surface area contributed by atoms with Crippen LogP contribution in [-0.2, 0) is 6.54 Å². The number of pyridine rings is 1. The summed E-state index contributed by atoms with van der Waals surface area (Å²) in [5.74, 6) is 0. The molecule has 0 unspecified atom stereocenters. The molecule has 82 valence electrons. The zero-order valence-corrected chi connectivity index (χ0v) is 9.43. The minimum absolute atomic E-state index is 0.328. The minimum atomic E-state index is 0.328. The Kier molecular flexibility index (Phi) is 3.67. The first-order valence-electron chi connectivity index (χ1n) is 5.53. The molecular weight excluding hydrogens is 196 g/mol. The molecule has 0 aliphatic rings. The van der Waals surface area contributed by atoms with Crippen LogP contribution < -0.4 is 5.32 Å². The first-order chi connectivity index (χ1) is 7.86. The molecule has 16 heavy (non-hydrogen) atoms. The second-order valence-corrected chi connectivity index (χ2v) is 3.87. The summed E-state index contributed by atoms with van der Waals surface area (Å²) < 4.78 is 0. The van der Waals surface area contributed by atoms with Crippen LogP contribution in [0, 0.1) is 0 Å². The average Bonchev–Trinajstić information content (AvgIpc) is 2.38. The average molecular weight is 212 g/mol. The van der Waals surface area contributed by atoms with E-state index in [4.69, 9.17) is 0 Å². The number of hydrogen-bond acceptors (Lipinski definition) is 2. The van der Waals surface area contributed by atoms with Gasteiger partial charge in [-0.05, 0) is 24.1 Å². The van der Waals surface area contributed by atoms with Crippen LogP contribution in [0.2, 0.25) is 0 Å². The molecule has 0 spiro atoms. The van der Waals surface area contributed by atoms with Gasteiger partial charge in [-0.25, -0.2) is 0 Å². The summed E-state index contributed by atoms with van der Waals surface area (Å²) in [5.41, 5.74) is 2.52. The Morgan fingerprint density at radius 2 is 1.94 bits per heavy atom. The van der Waals surface area contributed by atoms with E-state index in [0.29, 0.717) is 6.04 Å². The third-order valence-electron chi connectivity index (χ3n) is 2.64. The van der Waals surface area contributed by atoms with E-state index in [-0.39, 0.29) is 0 Å². The fourth-order valence-electron chi connectivity index (χ4n) is 1.62. The van der Waals surface area contributed by atoms with Gasteiger partial charge in [-0.1, -0.05) is 36.4 Å². The highest BCUT2D eigenvalue weighted by Crippen LogP contribution is 2.10. The van der Waals surface area contributed by atoms with Gasteiger partial charge in [0.05, 0.1) is 0 Å². The van der Waals surface area contributed by atoms with Crippen LogP contribution in [0.5, 0.6) is 0 Å². The third-order valence-corrected chi connectivity index (χ3v) is 2.64. The van der Waals surface area contributed by atoms with Crippen molar-refractivity contribution in [2.24, 2.45) is 0 Å². The van der Waals surface area contributed by atoms with Crippen LogP contribution in [0.1, 0.15) is 24.1 Å². The summed E-state index contributed by atoms with van der Waals surface area (Å²) in [6.07, 6.45) is 3.70. The molecule has 0 amide bonds. The smallest absolute Gasteiger partial charge is 0.0315 e. The van der Waals surface area contributed by atoms with Gasteiger partial charge in [0.1, 0.15) is 0 Å². The Labute approximate surface area is 96.4 Å². The predicted octanol–water partition coefficient (Wildman–Crippen LogP) is 2.93.